The number of fused-ring (bicyclic) bond motifs is 1. The van der Waals surface area contributed by atoms with Crippen LogP contribution in [0, 0.1) is 0 Å². The number of aromatic nitrogens is 3. The molecule has 1 fully saturated rings. The van der Waals surface area contributed by atoms with Crippen molar-refractivity contribution in [2.45, 2.75) is 6.54 Å². The van der Waals surface area contributed by atoms with Gasteiger partial charge in [0.2, 0.25) is 0 Å². The zero-order chi connectivity index (χ0) is 20.8. The van der Waals surface area contributed by atoms with Crippen molar-refractivity contribution in [1.29, 1.82) is 0 Å². The molecule has 0 amide bonds. The molecular weight excluding hydrogens is 390 g/mol. The number of benzene rings is 1. The summed E-state index contributed by atoms with van der Waals surface area (Å²) < 4.78 is 26.4. The van der Waals surface area contributed by atoms with Crippen LogP contribution < -0.4 is 10.6 Å². The quantitative estimate of drug-likeness (QED) is 0.596. The number of anilines is 1. The highest BCUT2D eigenvalue weighted by molar-refractivity contribution is 7.97. The van der Waals surface area contributed by atoms with Gasteiger partial charge in [0, 0.05) is 74.6 Å². The molecule has 0 atom stereocenters. The minimum atomic E-state index is -2.92. The van der Waals surface area contributed by atoms with Gasteiger partial charge in [0.1, 0.15) is 11.5 Å². The Kier molecular flexibility index (Phi) is 5.05. The lowest BCUT2D eigenvalue weighted by molar-refractivity contribution is 0.277. The fourth-order valence-corrected chi connectivity index (χ4v) is 4.89. The smallest absolute Gasteiger partial charge is 0.333 e. The van der Waals surface area contributed by atoms with Crippen molar-refractivity contribution < 1.29 is 8.76 Å². The summed E-state index contributed by atoms with van der Waals surface area (Å²) in [6.45, 7) is 1.51. The largest absolute Gasteiger partial charge is 0.615 e. The average Bonchev–Trinajstić information content (AvgIpc) is 3.10. The van der Waals surface area contributed by atoms with Crippen LogP contribution in [0.4, 0.5) is 5.69 Å². The van der Waals surface area contributed by atoms with Gasteiger partial charge in [-0.3, -0.25) is 9.30 Å². The molecule has 1 saturated heterocycles. The number of nitrogens with zero attached hydrogens (tertiary/aromatic N) is 5. The molecule has 3 heterocycles. The molecular formula is C20H25N5O3S. The molecule has 0 spiro atoms. The van der Waals surface area contributed by atoms with Gasteiger partial charge in [-0.05, 0) is 17.7 Å². The summed E-state index contributed by atoms with van der Waals surface area (Å²) in [5, 5.41) is 0. The summed E-state index contributed by atoms with van der Waals surface area (Å²) in [7, 11) is 2.78. The number of imidazole rings is 1. The maximum absolute atomic E-state index is 12.7. The molecule has 9 heteroatoms. The van der Waals surface area contributed by atoms with Gasteiger partial charge < -0.3 is 14.0 Å². The van der Waals surface area contributed by atoms with E-state index in [2.05, 4.69) is 11.0 Å². The molecule has 1 aliphatic heterocycles. The third-order valence-corrected chi connectivity index (χ3v) is 6.93. The number of hydrogen-bond donors (Lipinski definition) is 0. The van der Waals surface area contributed by atoms with E-state index in [0.717, 1.165) is 22.5 Å². The maximum atomic E-state index is 12.7. The van der Waals surface area contributed by atoms with Crippen molar-refractivity contribution in [3.8, 4) is 11.1 Å². The summed E-state index contributed by atoms with van der Waals surface area (Å²) in [6, 6.07) is 8.11. The normalized spacial score (nSPS) is 17.0. The predicted octanol–water partition coefficient (Wildman–Crippen LogP) is 1.21. The fourth-order valence-electron chi connectivity index (χ4n) is 3.61. The third kappa shape index (κ3) is 3.98. The lowest BCUT2D eigenvalue weighted by atomic mass is 10.1. The first-order valence-electron chi connectivity index (χ1n) is 9.52. The maximum Gasteiger partial charge on any atom is 0.333 e. The Morgan fingerprint density at radius 3 is 2.62 bits per heavy atom. The lowest BCUT2D eigenvalue weighted by Gasteiger charge is -2.29. The van der Waals surface area contributed by atoms with Crippen LogP contribution in [-0.2, 0) is 28.0 Å². The van der Waals surface area contributed by atoms with Crippen molar-refractivity contribution in [2.24, 2.45) is 7.05 Å². The van der Waals surface area contributed by atoms with E-state index in [1.54, 1.807) is 22.2 Å². The SMILES string of the molecule is CN(C)c1cccc(-c2cn(C)c(=O)n3cc(CN4CC[S+](=O)([O-])CC4)nc23)c1. The van der Waals surface area contributed by atoms with Crippen molar-refractivity contribution >= 4 is 21.5 Å². The average molecular weight is 416 g/mol. The van der Waals surface area contributed by atoms with Gasteiger partial charge in [-0.25, -0.2) is 9.78 Å². The van der Waals surface area contributed by atoms with Gasteiger partial charge in [0.15, 0.2) is 5.65 Å². The van der Waals surface area contributed by atoms with Crippen LogP contribution in [-0.4, -0.2) is 62.1 Å². The zero-order valence-corrected chi connectivity index (χ0v) is 17.7. The Morgan fingerprint density at radius 1 is 1.21 bits per heavy atom. The molecule has 2 aromatic heterocycles. The van der Waals surface area contributed by atoms with E-state index in [1.807, 2.05) is 43.4 Å². The van der Waals surface area contributed by atoms with Gasteiger partial charge in [-0.15, -0.1) is 4.21 Å². The molecule has 1 aliphatic rings. The van der Waals surface area contributed by atoms with Crippen LogP contribution in [0.25, 0.3) is 16.8 Å². The minimum Gasteiger partial charge on any atom is -0.615 e. The highest BCUT2D eigenvalue weighted by Crippen LogP contribution is 2.27. The summed E-state index contributed by atoms with van der Waals surface area (Å²) in [6.07, 6.45) is 3.58. The van der Waals surface area contributed by atoms with E-state index in [0.29, 0.717) is 25.3 Å². The van der Waals surface area contributed by atoms with E-state index in [1.165, 1.54) is 0 Å². The van der Waals surface area contributed by atoms with Crippen LogP contribution >= 0.6 is 0 Å². The first kappa shape index (κ1) is 19.8. The Labute approximate surface area is 170 Å². The van der Waals surface area contributed by atoms with Gasteiger partial charge >= 0.3 is 5.69 Å². The predicted molar refractivity (Wildman–Crippen MR) is 114 cm³/mol. The fraction of sp³-hybridized carbons (Fsp3) is 0.400. The topological polar surface area (TPSA) is 85.9 Å². The minimum absolute atomic E-state index is 0.160. The van der Waals surface area contributed by atoms with Gasteiger partial charge in [-0.2, -0.15) is 0 Å². The van der Waals surface area contributed by atoms with Crippen LogP contribution in [0.5, 0.6) is 0 Å². The monoisotopic (exact) mass is 415 g/mol. The molecule has 0 saturated carbocycles. The first-order valence-corrected chi connectivity index (χ1v) is 11.3. The van der Waals surface area contributed by atoms with Crippen molar-refractivity contribution in [1.82, 2.24) is 18.9 Å². The Balaban J connectivity index is 1.73. The van der Waals surface area contributed by atoms with Gasteiger partial charge in [-0.1, -0.05) is 12.1 Å². The second-order valence-electron chi connectivity index (χ2n) is 7.73. The van der Waals surface area contributed by atoms with E-state index in [9.17, 15) is 13.6 Å². The zero-order valence-electron chi connectivity index (χ0n) is 16.9. The van der Waals surface area contributed by atoms with E-state index in [4.69, 9.17) is 4.98 Å². The summed E-state index contributed by atoms with van der Waals surface area (Å²) >= 11 is 0. The molecule has 154 valence electrons. The van der Waals surface area contributed by atoms with E-state index < -0.39 is 10.2 Å². The highest BCUT2D eigenvalue weighted by Gasteiger charge is 2.26. The summed E-state index contributed by atoms with van der Waals surface area (Å²) in [4.78, 5) is 21.5. The van der Waals surface area contributed by atoms with Crippen LogP contribution in [0.15, 0.2) is 41.5 Å². The molecule has 29 heavy (non-hydrogen) atoms. The Bertz CT molecular complexity index is 1150. The summed E-state index contributed by atoms with van der Waals surface area (Å²) in [5.74, 6) is 0.343. The third-order valence-electron chi connectivity index (χ3n) is 5.32. The number of rotatable bonds is 4. The van der Waals surface area contributed by atoms with Gasteiger partial charge in [0.05, 0.1) is 5.69 Å². The highest BCUT2D eigenvalue weighted by atomic mass is 32.3. The number of hydrogen-bond acceptors (Lipinski definition) is 6. The lowest BCUT2D eigenvalue weighted by Crippen LogP contribution is -2.42. The molecule has 1 aromatic carbocycles. The second kappa shape index (κ2) is 7.40. The molecule has 0 radical (unpaired) electrons. The van der Waals surface area contributed by atoms with Crippen LogP contribution in [0.3, 0.4) is 0 Å². The second-order valence-corrected chi connectivity index (χ2v) is 10.0. The van der Waals surface area contributed by atoms with Crippen molar-refractivity contribution in [3.63, 3.8) is 0 Å². The van der Waals surface area contributed by atoms with E-state index in [-0.39, 0.29) is 17.2 Å². The summed E-state index contributed by atoms with van der Waals surface area (Å²) in [5.41, 5.74) is 4.14. The number of sulfone groups is 1. The molecule has 0 aliphatic carbocycles. The molecule has 0 N–H and O–H groups in total. The Hall–Kier alpha value is -2.49. The Morgan fingerprint density at radius 2 is 1.93 bits per heavy atom. The molecule has 4 rings (SSSR count). The standard InChI is InChI=1S/C20H25N5O3S/c1-22(2)17-6-4-5-15(11-17)18-14-23(3)20(26)25-13-16(21-19(18)25)12-24-7-9-29(27,28)10-8-24/h4-6,11,13-14H,7-10,12H2,1-3H3. The van der Waals surface area contributed by atoms with E-state index >= 15 is 0 Å². The van der Waals surface area contributed by atoms with Crippen molar-refractivity contribution in [2.75, 3.05) is 43.6 Å². The van der Waals surface area contributed by atoms with Crippen LogP contribution in [0.1, 0.15) is 5.69 Å². The van der Waals surface area contributed by atoms with Crippen LogP contribution in [0.2, 0.25) is 0 Å². The molecule has 3 aromatic rings. The van der Waals surface area contributed by atoms with Gasteiger partial charge in [0.25, 0.3) is 0 Å². The molecule has 8 nitrogen and oxygen atoms in total. The molecule has 0 bridgehead atoms. The number of aryl methyl sites for hydroxylation is 1. The molecule has 0 unspecified atom stereocenters. The first-order chi connectivity index (χ1) is 13.7. The van der Waals surface area contributed by atoms with Crippen molar-refractivity contribution in [3.05, 3.63) is 52.8 Å².